The Bertz CT molecular complexity index is 668. The van der Waals surface area contributed by atoms with E-state index in [1.165, 1.54) is 20.8 Å². The number of para-hydroxylation sites is 1. The molecular formula is C14H13N2S+. The van der Waals surface area contributed by atoms with Crippen LogP contribution in [0.1, 0.15) is 0 Å². The fourth-order valence-electron chi connectivity index (χ4n) is 1.98. The Morgan fingerprint density at radius 3 is 2.41 bits per heavy atom. The summed E-state index contributed by atoms with van der Waals surface area (Å²) in [7, 11) is 2.10. The monoisotopic (exact) mass is 241 g/mol. The zero-order valence-electron chi connectivity index (χ0n) is 9.55. The molecule has 0 amide bonds. The molecule has 84 valence electrons. The molecule has 2 aromatic carbocycles. The van der Waals surface area contributed by atoms with Crippen molar-refractivity contribution in [2.75, 3.05) is 5.73 Å². The summed E-state index contributed by atoms with van der Waals surface area (Å²) in [6.07, 6.45) is 0. The van der Waals surface area contributed by atoms with E-state index in [2.05, 4.69) is 48.0 Å². The van der Waals surface area contributed by atoms with E-state index < -0.39 is 0 Å². The minimum Gasteiger partial charge on any atom is -0.399 e. The second-order valence-corrected chi connectivity index (χ2v) is 5.09. The molecule has 0 bridgehead atoms. The first kappa shape index (κ1) is 10.3. The maximum Gasteiger partial charge on any atom is 0.269 e. The molecule has 0 radical (unpaired) electrons. The van der Waals surface area contributed by atoms with Crippen LogP contribution in [0.4, 0.5) is 5.69 Å². The number of nitrogen functional groups attached to an aromatic ring is 1. The van der Waals surface area contributed by atoms with Crippen molar-refractivity contribution in [2.45, 2.75) is 0 Å². The normalized spacial score (nSPS) is 10.9. The van der Waals surface area contributed by atoms with Crippen LogP contribution in [0.15, 0.2) is 48.5 Å². The number of nitrogens with zero attached hydrogens (tertiary/aromatic N) is 1. The van der Waals surface area contributed by atoms with Crippen molar-refractivity contribution in [3.8, 4) is 10.6 Å². The van der Waals surface area contributed by atoms with Crippen molar-refractivity contribution in [3.05, 3.63) is 48.5 Å². The molecule has 0 aliphatic rings. The summed E-state index contributed by atoms with van der Waals surface area (Å²) in [4.78, 5) is 0. The topological polar surface area (TPSA) is 29.9 Å². The third-order valence-corrected chi connectivity index (χ3v) is 4.16. The van der Waals surface area contributed by atoms with Gasteiger partial charge in [0.1, 0.15) is 11.7 Å². The molecule has 3 rings (SSSR count). The SMILES string of the molecule is C[n+]1c(-c2ccc(N)cc2)sc2ccccc21. The van der Waals surface area contributed by atoms with Gasteiger partial charge in [0.15, 0.2) is 0 Å². The lowest BCUT2D eigenvalue weighted by Gasteiger charge is -1.95. The van der Waals surface area contributed by atoms with Crippen molar-refractivity contribution in [3.63, 3.8) is 0 Å². The first-order valence-corrected chi connectivity index (χ1v) is 6.31. The van der Waals surface area contributed by atoms with Crippen LogP contribution in [0.25, 0.3) is 20.8 Å². The number of rotatable bonds is 1. The molecule has 0 unspecified atom stereocenters. The molecule has 1 heterocycles. The molecule has 3 aromatic rings. The van der Waals surface area contributed by atoms with Gasteiger partial charge in [0.05, 0.1) is 5.56 Å². The summed E-state index contributed by atoms with van der Waals surface area (Å²) in [5.74, 6) is 0. The maximum absolute atomic E-state index is 5.71. The number of aromatic nitrogens is 1. The van der Waals surface area contributed by atoms with Gasteiger partial charge in [-0.05, 0) is 30.3 Å². The van der Waals surface area contributed by atoms with Crippen molar-refractivity contribution < 1.29 is 4.57 Å². The smallest absolute Gasteiger partial charge is 0.269 e. The third-order valence-electron chi connectivity index (χ3n) is 2.90. The van der Waals surface area contributed by atoms with Gasteiger partial charge in [-0.3, -0.25) is 0 Å². The number of benzene rings is 2. The molecule has 3 heteroatoms. The number of hydrogen-bond acceptors (Lipinski definition) is 2. The van der Waals surface area contributed by atoms with Gasteiger partial charge in [-0.2, -0.15) is 4.57 Å². The van der Waals surface area contributed by atoms with E-state index in [0.717, 1.165) is 5.69 Å². The lowest BCUT2D eigenvalue weighted by Crippen LogP contribution is -2.28. The van der Waals surface area contributed by atoms with Gasteiger partial charge in [0.2, 0.25) is 5.52 Å². The summed E-state index contributed by atoms with van der Waals surface area (Å²) in [5, 5.41) is 1.26. The molecule has 0 aliphatic heterocycles. The minimum absolute atomic E-state index is 0.803. The molecule has 0 saturated carbocycles. The molecule has 0 aliphatic carbocycles. The number of aryl methyl sites for hydroxylation is 1. The predicted molar refractivity (Wildman–Crippen MR) is 72.8 cm³/mol. The van der Waals surface area contributed by atoms with Crippen LogP contribution in [0.2, 0.25) is 0 Å². The predicted octanol–water partition coefficient (Wildman–Crippen LogP) is 2.98. The van der Waals surface area contributed by atoms with E-state index in [1.807, 2.05) is 12.1 Å². The van der Waals surface area contributed by atoms with Crippen LogP contribution in [-0.4, -0.2) is 0 Å². The molecule has 0 saturated heterocycles. The Kier molecular flexibility index (Phi) is 2.34. The zero-order chi connectivity index (χ0) is 11.8. The number of anilines is 1. The Labute approximate surface area is 104 Å². The van der Waals surface area contributed by atoms with E-state index in [4.69, 9.17) is 5.73 Å². The molecule has 0 spiro atoms. The first-order chi connectivity index (χ1) is 8.25. The van der Waals surface area contributed by atoms with Crippen molar-refractivity contribution in [2.24, 2.45) is 7.05 Å². The van der Waals surface area contributed by atoms with Gasteiger partial charge in [0, 0.05) is 11.8 Å². The van der Waals surface area contributed by atoms with Gasteiger partial charge < -0.3 is 5.73 Å². The van der Waals surface area contributed by atoms with E-state index in [0.29, 0.717) is 0 Å². The zero-order valence-corrected chi connectivity index (χ0v) is 10.4. The van der Waals surface area contributed by atoms with E-state index >= 15 is 0 Å². The van der Waals surface area contributed by atoms with Gasteiger partial charge in [0.25, 0.3) is 5.01 Å². The van der Waals surface area contributed by atoms with Crippen molar-refractivity contribution in [1.29, 1.82) is 0 Å². The Morgan fingerprint density at radius 2 is 1.71 bits per heavy atom. The lowest BCUT2D eigenvalue weighted by molar-refractivity contribution is -0.629. The van der Waals surface area contributed by atoms with Crippen molar-refractivity contribution >= 4 is 27.2 Å². The average Bonchev–Trinajstić information content (AvgIpc) is 2.69. The van der Waals surface area contributed by atoms with Gasteiger partial charge in [-0.15, -0.1) is 0 Å². The van der Waals surface area contributed by atoms with Gasteiger partial charge in [-0.1, -0.05) is 23.5 Å². The highest BCUT2D eigenvalue weighted by molar-refractivity contribution is 7.21. The van der Waals surface area contributed by atoms with E-state index in [9.17, 15) is 0 Å². The van der Waals surface area contributed by atoms with Crippen LogP contribution in [0, 0.1) is 0 Å². The molecule has 2 N–H and O–H groups in total. The minimum atomic E-state index is 0.803. The molecule has 17 heavy (non-hydrogen) atoms. The summed E-state index contributed by atoms with van der Waals surface area (Å²) >= 11 is 1.80. The van der Waals surface area contributed by atoms with Gasteiger partial charge in [-0.25, -0.2) is 0 Å². The summed E-state index contributed by atoms with van der Waals surface area (Å²) in [6, 6.07) is 16.5. The van der Waals surface area contributed by atoms with Gasteiger partial charge >= 0.3 is 0 Å². The summed E-state index contributed by atoms with van der Waals surface area (Å²) < 4.78 is 3.53. The summed E-state index contributed by atoms with van der Waals surface area (Å²) in [6.45, 7) is 0. The van der Waals surface area contributed by atoms with Crippen LogP contribution < -0.4 is 10.3 Å². The molecular weight excluding hydrogens is 228 g/mol. The number of fused-ring (bicyclic) bond motifs is 1. The fraction of sp³-hybridized carbons (Fsp3) is 0.0714. The fourth-order valence-corrected chi connectivity index (χ4v) is 3.13. The molecule has 0 fully saturated rings. The largest absolute Gasteiger partial charge is 0.399 e. The Balaban J connectivity index is 2.24. The Morgan fingerprint density at radius 1 is 1.00 bits per heavy atom. The lowest BCUT2D eigenvalue weighted by atomic mass is 10.2. The van der Waals surface area contributed by atoms with Crippen molar-refractivity contribution in [1.82, 2.24) is 0 Å². The second kappa shape index (κ2) is 3.86. The summed E-state index contributed by atoms with van der Waals surface area (Å²) in [5.41, 5.74) is 9.00. The van der Waals surface area contributed by atoms with Crippen LogP contribution in [0.3, 0.4) is 0 Å². The molecule has 2 nitrogen and oxygen atoms in total. The highest BCUT2D eigenvalue weighted by Crippen LogP contribution is 2.28. The number of nitrogens with two attached hydrogens (primary N) is 1. The van der Waals surface area contributed by atoms with E-state index in [-0.39, 0.29) is 0 Å². The highest BCUT2D eigenvalue weighted by Gasteiger charge is 2.17. The maximum atomic E-state index is 5.71. The van der Waals surface area contributed by atoms with E-state index in [1.54, 1.807) is 11.3 Å². The molecule has 1 aromatic heterocycles. The average molecular weight is 241 g/mol. The van der Waals surface area contributed by atoms with Crippen LogP contribution in [-0.2, 0) is 7.05 Å². The second-order valence-electron chi connectivity index (χ2n) is 4.06. The number of thiazole rings is 1. The highest BCUT2D eigenvalue weighted by atomic mass is 32.1. The quantitative estimate of drug-likeness (QED) is 0.515. The standard InChI is InChI=1S/C14H12N2S/c1-16-12-4-2-3-5-13(12)17-14(16)10-6-8-11(15)9-7-10/h2-9,15H,1H3/p+1. The number of hydrogen-bond donors (Lipinski definition) is 1. The molecule has 0 atom stereocenters. The Hall–Kier alpha value is -1.87. The third kappa shape index (κ3) is 1.68. The van der Waals surface area contributed by atoms with Crippen LogP contribution in [0.5, 0.6) is 0 Å². The van der Waals surface area contributed by atoms with Crippen LogP contribution >= 0.6 is 11.3 Å². The first-order valence-electron chi connectivity index (χ1n) is 5.49.